The van der Waals surface area contributed by atoms with Gasteiger partial charge in [-0.15, -0.1) is 11.8 Å². The molecule has 0 spiro atoms. The predicted molar refractivity (Wildman–Crippen MR) is 72.7 cm³/mol. The normalized spacial score (nSPS) is 18.9. The number of thioether (sulfide) groups is 1. The lowest BCUT2D eigenvalue weighted by atomic mass is 9.88. The minimum atomic E-state index is -0.722. The Kier molecular flexibility index (Phi) is 4.17. The first-order chi connectivity index (χ1) is 8.63. The van der Waals surface area contributed by atoms with Crippen LogP contribution in [0.3, 0.4) is 0 Å². The molecule has 1 heterocycles. The Morgan fingerprint density at radius 3 is 3.00 bits per heavy atom. The van der Waals surface area contributed by atoms with Gasteiger partial charge < -0.3 is 9.84 Å². The number of aliphatic carboxylic acids is 1. The number of methoxy groups -OCH3 is 1. The Hall–Kier alpha value is -1.16. The van der Waals surface area contributed by atoms with Gasteiger partial charge in [-0.3, -0.25) is 4.79 Å². The molecule has 1 atom stereocenters. The van der Waals surface area contributed by atoms with E-state index in [2.05, 4.69) is 6.92 Å². The van der Waals surface area contributed by atoms with Crippen LogP contribution in [0.15, 0.2) is 17.0 Å². The summed E-state index contributed by atoms with van der Waals surface area (Å²) in [4.78, 5) is 12.2. The maximum atomic E-state index is 11.0. The minimum Gasteiger partial charge on any atom is -0.496 e. The van der Waals surface area contributed by atoms with Crippen molar-refractivity contribution in [1.29, 1.82) is 0 Å². The Labute approximate surface area is 112 Å². The second-order valence-electron chi connectivity index (χ2n) is 4.61. The number of carboxylic acid groups (broad SMARTS) is 1. The van der Waals surface area contributed by atoms with Gasteiger partial charge in [-0.25, -0.2) is 0 Å². The first-order valence-electron chi connectivity index (χ1n) is 6.15. The lowest BCUT2D eigenvalue weighted by Crippen LogP contribution is -2.08. The second kappa shape index (κ2) is 5.65. The number of carboxylic acids is 1. The van der Waals surface area contributed by atoms with Crippen molar-refractivity contribution in [2.45, 2.75) is 37.0 Å². The van der Waals surface area contributed by atoms with Gasteiger partial charge in [0.25, 0.3) is 0 Å². The van der Waals surface area contributed by atoms with Crippen molar-refractivity contribution in [3.63, 3.8) is 0 Å². The highest BCUT2D eigenvalue weighted by atomic mass is 32.2. The Balaban J connectivity index is 2.48. The fourth-order valence-electron chi connectivity index (χ4n) is 2.56. The van der Waals surface area contributed by atoms with Gasteiger partial charge in [-0.2, -0.15) is 0 Å². The number of carbonyl (C=O) groups is 1. The van der Waals surface area contributed by atoms with E-state index < -0.39 is 5.97 Å². The zero-order chi connectivity index (χ0) is 13.1. The van der Waals surface area contributed by atoms with Crippen LogP contribution in [-0.2, 0) is 4.79 Å². The number of benzene rings is 1. The van der Waals surface area contributed by atoms with Gasteiger partial charge in [0.2, 0.25) is 0 Å². The van der Waals surface area contributed by atoms with Crippen LogP contribution in [-0.4, -0.2) is 23.9 Å². The topological polar surface area (TPSA) is 46.5 Å². The molecule has 2 rings (SSSR count). The number of ether oxygens (including phenoxy) is 1. The quantitative estimate of drug-likeness (QED) is 0.910. The minimum absolute atomic E-state index is 0.114. The molecule has 18 heavy (non-hydrogen) atoms. The second-order valence-corrected chi connectivity index (χ2v) is 5.72. The first-order valence-corrected chi connectivity index (χ1v) is 7.14. The van der Waals surface area contributed by atoms with Crippen molar-refractivity contribution >= 4 is 17.7 Å². The summed E-state index contributed by atoms with van der Waals surface area (Å²) in [6, 6.07) is 4.00. The van der Waals surface area contributed by atoms with Crippen LogP contribution in [0.1, 0.15) is 36.3 Å². The molecule has 0 amide bonds. The number of rotatable bonds is 3. The van der Waals surface area contributed by atoms with Crippen LogP contribution in [0.25, 0.3) is 0 Å². The summed E-state index contributed by atoms with van der Waals surface area (Å²) in [5.74, 6) is 1.30. The highest BCUT2D eigenvalue weighted by Crippen LogP contribution is 2.44. The number of hydrogen-bond donors (Lipinski definition) is 1. The number of hydrogen-bond acceptors (Lipinski definition) is 3. The molecule has 1 aromatic rings. The van der Waals surface area contributed by atoms with Gasteiger partial charge in [-0.05, 0) is 48.6 Å². The summed E-state index contributed by atoms with van der Waals surface area (Å²) in [6.45, 7) is 2.05. The van der Waals surface area contributed by atoms with E-state index >= 15 is 0 Å². The van der Waals surface area contributed by atoms with E-state index in [1.165, 1.54) is 11.1 Å². The molecule has 0 saturated heterocycles. The lowest BCUT2D eigenvalue weighted by Gasteiger charge is -2.19. The van der Waals surface area contributed by atoms with Gasteiger partial charge in [0.05, 0.1) is 18.4 Å². The molecule has 4 heteroatoms. The molecule has 3 nitrogen and oxygen atoms in total. The van der Waals surface area contributed by atoms with Gasteiger partial charge in [0.1, 0.15) is 5.75 Å². The molecule has 1 aliphatic rings. The van der Waals surface area contributed by atoms with Crippen LogP contribution in [0, 0.1) is 6.92 Å². The molecule has 0 aromatic heterocycles. The van der Waals surface area contributed by atoms with Crippen molar-refractivity contribution in [2.75, 3.05) is 12.9 Å². The van der Waals surface area contributed by atoms with Crippen molar-refractivity contribution in [3.05, 3.63) is 23.3 Å². The van der Waals surface area contributed by atoms with Crippen LogP contribution in [0.5, 0.6) is 5.75 Å². The summed E-state index contributed by atoms with van der Waals surface area (Å²) in [5.41, 5.74) is 2.35. The molecule has 1 N–H and O–H groups in total. The third-order valence-electron chi connectivity index (χ3n) is 3.37. The lowest BCUT2D eigenvalue weighted by molar-refractivity contribution is -0.137. The van der Waals surface area contributed by atoms with Crippen molar-refractivity contribution in [3.8, 4) is 5.75 Å². The van der Waals surface area contributed by atoms with Crippen LogP contribution >= 0.6 is 11.8 Å². The average molecular weight is 266 g/mol. The highest BCUT2D eigenvalue weighted by Gasteiger charge is 2.25. The summed E-state index contributed by atoms with van der Waals surface area (Å²) < 4.78 is 5.41. The van der Waals surface area contributed by atoms with E-state index in [9.17, 15) is 4.79 Å². The number of fused-ring (bicyclic) bond motifs is 1. The Bertz CT molecular complexity index is 457. The molecule has 1 aromatic carbocycles. The van der Waals surface area contributed by atoms with Gasteiger partial charge in [0.15, 0.2) is 0 Å². The maximum Gasteiger partial charge on any atom is 0.303 e. The summed E-state index contributed by atoms with van der Waals surface area (Å²) in [5, 5.41) is 9.06. The molecule has 0 aliphatic carbocycles. The average Bonchev–Trinajstić information content (AvgIpc) is 2.53. The standard InChI is InChI=1S/C14H18O3S/c1-9-5-6-11(17-2)14-13(9)10(8-12(15)16)4-3-7-18-14/h5-6,10H,3-4,7-8H2,1-2H3,(H,15,16). The SMILES string of the molecule is COc1ccc(C)c2c1SCCCC2CC(=O)O. The van der Waals surface area contributed by atoms with Gasteiger partial charge >= 0.3 is 5.97 Å². The zero-order valence-corrected chi connectivity index (χ0v) is 11.5. The van der Waals surface area contributed by atoms with E-state index in [0.717, 1.165) is 29.2 Å². The van der Waals surface area contributed by atoms with E-state index in [0.29, 0.717) is 0 Å². The molecule has 98 valence electrons. The maximum absolute atomic E-state index is 11.0. The van der Waals surface area contributed by atoms with Gasteiger partial charge in [0, 0.05) is 0 Å². The molecule has 0 bridgehead atoms. The fraction of sp³-hybridized carbons (Fsp3) is 0.500. The molecular formula is C14H18O3S. The zero-order valence-electron chi connectivity index (χ0n) is 10.7. The molecule has 0 radical (unpaired) electrons. The van der Waals surface area contributed by atoms with Crippen molar-refractivity contribution in [1.82, 2.24) is 0 Å². The smallest absolute Gasteiger partial charge is 0.303 e. The van der Waals surface area contributed by atoms with E-state index in [1.54, 1.807) is 18.9 Å². The van der Waals surface area contributed by atoms with E-state index in [4.69, 9.17) is 9.84 Å². The van der Waals surface area contributed by atoms with Crippen LogP contribution < -0.4 is 4.74 Å². The highest BCUT2D eigenvalue weighted by molar-refractivity contribution is 7.99. The number of aryl methyl sites for hydroxylation is 1. The molecular weight excluding hydrogens is 248 g/mol. The summed E-state index contributed by atoms with van der Waals surface area (Å²) in [7, 11) is 1.67. The van der Waals surface area contributed by atoms with Gasteiger partial charge in [-0.1, -0.05) is 6.07 Å². The third kappa shape index (κ3) is 2.64. The van der Waals surface area contributed by atoms with E-state index in [1.807, 2.05) is 12.1 Å². The van der Waals surface area contributed by atoms with Crippen LogP contribution in [0.4, 0.5) is 0 Å². The predicted octanol–water partition coefficient (Wildman–Crippen LogP) is 3.45. The largest absolute Gasteiger partial charge is 0.496 e. The van der Waals surface area contributed by atoms with Crippen molar-refractivity contribution < 1.29 is 14.6 Å². The fourth-order valence-corrected chi connectivity index (χ4v) is 3.85. The summed E-state index contributed by atoms with van der Waals surface area (Å²) >= 11 is 1.79. The Morgan fingerprint density at radius 1 is 1.56 bits per heavy atom. The molecule has 1 unspecified atom stereocenters. The van der Waals surface area contributed by atoms with Crippen molar-refractivity contribution in [2.24, 2.45) is 0 Å². The monoisotopic (exact) mass is 266 g/mol. The molecule has 0 fully saturated rings. The third-order valence-corrected chi connectivity index (χ3v) is 4.57. The first kappa shape index (κ1) is 13.3. The Morgan fingerprint density at radius 2 is 2.33 bits per heavy atom. The molecule has 1 aliphatic heterocycles. The van der Waals surface area contributed by atoms with Crippen LogP contribution in [0.2, 0.25) is 0 Å². The van der Waals surface area contributed by atoms with E-state index in [-0.39, 0.29) is 12.3 Å². The summed E-state index contributed by atoms with van der Waals surface area (Å²) in [6.07, 6.45) is 2.21. The molecule has 0 saturated carbocycles.